The van der Waals surface area contributed by atoms with Crippen LogP contribution in [0.15, 0.2) is 28.8 Å². The maximum Gasteiger partial charge on any atom is 0.192 e. The van der Waals surface area contributed by atoms with Gasteiger partial charge in [-0.1, -0.05) is 0 Å². The lowest BCUT2D eigenvalue weighted by Crippen LogP contribution is -2.12. The number of aromatic amines is 1. The summed E-state index contributed by atoms with van der Waals surface area (Å²) in [7, 11) is 0. The van der Waals surface area contributed by atoms with Gasteiger partial charge in [0.05, 0.1) is 11.9 Å². The average Bonchev–Trinajstić information content (AvgIpc) is 3.01. The van der Waals surface area contributed by atoms with Crippen LogP contribution < -0.4 is 5.73 Å². The Morgan fingerprint density at radius 1 is 1.47 bits per heavy atom. The highest BCUT2D eigenvalue weighted by atomic mass is 16.3. The molecule has 2 heterocycles. The van der Waals surface area contributed by atoms with Crippen LogP contribution in [0.25, 0.3) is 22.4 Å². The molecule has 4 N–H and O–H groups in total. The molecule has 3 aromatic rings. The maximum atomic E-state index is 9.62. The zero-order valence-electron chi connectivity index (χ0n) is 10.4. The fourth-order valence-corrected chi connectivity index (χ4v) is 1.97. The lowest BCUT2D eigenvalue weighted by molar-refractivity contribution is 0.177. The zero-order chi connectivity index (χ0) is 13.4. The molecule has 0 aliphatic rings. The third-order valence-electron chi connectivity index (χ3n) is 2.94. The quantitative estimate of drug-likeness (QED) is 0.661. The van der Waals surface area contributed by atoms with Crippen LogP contribution in [0.5, 0.6) is 0 Å². The fraction of sp³-hybridized carbons (Fsp3) is 0.231. The molecule has 0 fully saturated rings. The van der Waals surface area contributed by atoms with E-state index in [2.05, 4.69) is 15.0 Å². The van der Waals surface area contributed by atoms with Gasteiger partial charge in [0.15, 0.2) is 11.5 Å². The number of rotatable bonds is 3. The molecule has 3 rings (SSSR count). The summed E-state index contributed by atoms with van der Waals surface area (Å²) in [6.07, 6.45) is 0.897. The van der Waals surface area contributed by atoms with Gasteiger partial charge in [-0.05, 0) is 18.2 Å². The number of nitrogens with two attached hydrogens (primary N) is 1. The van der Waals surface area contributed by atoms with Gasteiger partial charge in [0.25, 0.3) is 0 Å². The normalized spacial score (nSPS) is 13.0. The first-order valence-corrected chi connectivity index (χ1v) is 5.98. The van der Waals surface area contributed by atoms with Crippen molar-refractivity contribution in [1.82, 2.24) is 15.0 Å². The van der Waals surface area contributed by atoms with Crippen molar-refractivity contribution in [2.24, 2.45) is 5.73 Å². The van der Waals surface area contributed by atoms with E-state index in [0.717, 1.165) is 22.4 Å². The lowest BCUT2D eigenvalue weighted by atomic mass is 10.1. The van der Waals surface area contributed by atoms with E-state index >= 15 is 0 Å². The number of hydrogen-bond acceptors (Lipinski definition) is 5. The fourth-order valence-electron chi connectivity index (χ4n) is 1.97. The summed E-state index contributed by atoms with van der Waals surface area (Å²) in [5.74, 6) is 1.10. The highest BCUT2D eigenvalue weighted by molar-refractivity contribution is 5.79. The number of aliphatic hydroxyl groups excluding tert-OH is 1. The van der Waals surface area contributed by atoms with Crippen molar-refractivity contribution in [2.75, 3.05) is 6.54 Å². The molecule has 1 unspecified atom stereocenters. The number of benzene rings is 1. The summed E-state index contributed by atoms with van der Waals surface area (Å²) >= 11 is 0. The van der Waals surface area contributed by atoms with Crippen molar-refractivity contribution in [1.29, 1.82) is 0 Å². The molecule has 6 nitrogen and oxygen atoms in total. The van der Waals surface area contributed by atoms with Gasteiger partial charge in [-0.3, -0.25) is 0 Å². The molecule has 0 saturated heterocycles. The Kier molecular flexibility index (Phi) is 2.81. The monoisotopic (exact) mass is 258 g/mol. The predicted molar refractivity (Wildman–Crippen MR) is 70.3 cm³/mol. The second kappa shape index (κ2) is 4.49. The van der Waals surface area contributed by atoms with E-state index in [9.17, 15) is 5.11 Å². The standard InChI is InChI=1S/C13H14N4O2/c1-7-16-9-4-8(2-3-12(9)19-7)10-6-15-13(17-10)11(18)5-14/h2-4,6,11,18H,5,14H2,1H3,(H,15,17). The number of imidazole rings is 1. The summed E-state index contributed by atoms with van der Waals surface area (Å²) in [5.41, 5.74) is 8.69. The Bertz CT molecular complexity index is 716. The van der Waals surface area contributed by atoms with Crippen molar-refractivity contribution in [2.45, 2.75) is 13.0 Å². The van der Waals surface area contributed by atoms with E-state index in [1.807, 2.05) is 25.1 Å². The highest BCUT2D eigenvalue weighted by Crippen LogP contribution is 2.24. The number of fused-ring (bicyclic) bond motifs is 1. The number of nitrogens with one attached hydrogen (secondary N) is 1. The van der Waals surface area contributed by atoms with E-state index in [1.165, 1.54) is 0 Å². The molecule has 0 spiro atoms. The molecular formula is C13H14N4O2. The molecule has 0 amide bonds. The molecule has 0 bridgehead atoms. The molecule has 1 atom stereocenters. The second-order valence-electron chi connectivity index (χ2n) is 4.35. The molecule has 98 valence electrons. The summed E-state index contributed by atoms with van der Waals surface area (Å²) in [6.45, 7) is 1.94. The summed E-state index contributed by atoms with van der Waals surface area (Å²) < 4.78 is 5.43. The number of aliphatic hydroxyl groups is 1. The molecule has 0 aliphatic carbocycles. The Morgan fingerprint density at radius 2 is 2.32 bits per heavy atom. The number of oxazole rings is 1. The van der Waals surface area contributed by atoms with E-state index in [1.54, 1.807) is 6.20 Å². The van der Waals surface area contributed by atoms with Crippen LogP contribution in [-0.4, -0.2) is 26.6 Å². The molecule has 0 aliphatic heterocycles. The van der Waals surface area contributed by atoms with Gasteiger partial charge < -0.3 is 20.2 Å². The molecule has 0 saturated carbocycles. The van der Waals surface area contributed by atoms with Crippen molar-refractivity contribution in [3.8, 4) is 11.3 Å². The summed E-state index contributed by atoms with van der Waals surface area (Å²) in [4.78, 5) is 11.5. The van der Waals surface area contributed by atoms with Crippen LogP contribution in [0, 0.1) is 6.92 Å². The largest absolute Gasteiger partial charge is 0.441 e. The van der Waals surface area contributed by atoms with E-state index in [4.69, 9.17) is 10.2 Å². The lowest BCUT2D eigenvalue weighted by Gasteiger charge is -2.02. The van der Waals surface area contributed by atoms with E-state index in [-0.39, 0.29) is 6.54 Å². The minimum absolute atomic E-state index is 0.133. The molecule has 2 aromatic heterocycles. The van der Waals surface area contributed by atoms with Crippen LogP contribution in [0.4, 0.5) is 0 Å². The third-order valence-corrected chi connectivity index (χ3v) is 2.94. The molecule has 6 heteroatoms. The van der Waals surface area contributed by atoms with E-state index in [0.29, 0.717) is 11.7 Å². The smallest absolute Gasteiger partial charge is 0.192 e. The van der Waals surface area contributed by atoms with Gasteiger partial charge in [-0.25, -0.2) is 9.97 Å². The summed E-state index contributed by atoms with van der Waals surface area (Å²) in [5, 5.41) is 9.62. The van der Waals surface area contributed by atoms with Crippen LogP contribution in [0.2, 0.25) is 0 Å². The Balaban J connectivity index is 2.01. The van der Waals surface area contributed by atoms with Gasteiger partial charge in [0.2, 0.25) is 0 Å². The van der Waals surface area contributed by atoms with Crippen molar-refractivity contribution in [3.05, 3.63) is 36.1 Å². The molecule has 19 heavy (non-hydrogen) atoms. The highest BCUT2D eigenvalue weighted by Gasteiger charge is 2.11. The zero-order valence-corrected chi connectivity index (χ0v) is 10.4. The van der Waals surface area contributed by atoms with Gasteiger partial charge in [0.1, 0.15) is 17.4 Å². The second-order valence-corrected chi connectivity index (χ2v) is 4.35. The Hall–Kier alpha value is -2.18. The van der Waals surface area contributed by atoms with Crippen LogP contribution in [-0.2, 0) is 0 Å². The van der Waals surface area contributed by atoms with Crippen LogP contribution in [0.3, 0.4) is 0 Å². The number of aryl methyl sites for hydroxylation is 1. The first-order valence-electron chi connectivity index (χ1n) is 5.98. The third kappa shape index (κ3) is 2.11. The molecular weight excluding hydrogens is 244 g/mol. The average molecular weight is 258 g/mol. The number of H-pyrrole nitrogens is 1. The predicted octanol–water partition coefficient (Wildman–Crippen LogP) is 1.52. The van der Waals surface area contributed by atoms with Gasteiger partial charge in [-0.2, -0.15) is 0 Å². The number of nitrogens with zero attached hydrogens (tertiary/aromatic N) is 2. The maximum absolute atomic E-state index is 9.62. The van der Waals surface area contributed by atoms with Crippen molar-refractivity contribution < 1.29 is 9.52 Å². The van der Waals surface area contributed by atoms with Crippen molar-refractivity contribution >= 4 is 11.1 Å². The first-order chi connectivity index (χ1) is 9.17. The van der Waals surface area contributed by atoms with Gasteiger partial charge >= 0.3 is 0 Å². The van der Waals surface area contributed by atoms with Gasteiger partial charge in [-0.15, -0.1) is 0 Å². The molecule has 1 aromatic carbocycles. The minimum Gasteiger partial charge on any atom is -0.441 e. The number of aromatic nitrogens is 3. The Morgan fingerprint density at radius 3 is 3.11 bits per heavy atom. The van der Waals surface area contributed by atoms with Crippen LogP contribution in [0.1, 0.15) is 17.8 Å². The number of hydrogen-bond donors (Lipinski definition) is 3. The van der Waals surface area contributed by atoms with Crippen molar-refractivity contribution in [3.63, 3.8) is 0 Å². The van der Waals surface area contributed by atoms with E-state index < -0.39 is 6.10 Å². The topological polar surface area (TPSA) is 101 Å². The summed E-state index contributed by atoms with van der Waals surface area (Å²) in [6, 6.07) is 5.70. The minimum atomic E-state index is -0.772. The van der Waals surface area contributed by atoms with Gasteiger partial charge in [0, 0.05) is 19.0 Å². The van der Waals surface area contributed by atoms with Crippen LogP contribution >= 0.6 is 0 Å². The first kappa shape index (κ1) is 11.9. The molecule has 0 radical (unpaired) electrons. The SMILES string of the molecule is Cc1nc2cc(-c3cnc(C(O)CN)[nH]3)ccc2o1. The Labute approximate surface area is 109 Å².